The Hall–Kier alpha value is -3.09. The summed E-state index contributed by atoms with van der Waals surface area (Å²) in [6.07, 6.45) is -5.24. The summed E-state index contributed by atoms with van der Waals surface area (Å²) in [6, 6.07) is -1.51. The number of nitrogens with zero attached hydrogens (tertiary/aromatic N) is 3. The maximum atomic E-state index is 13.9. The minimum absolute atomic E-state index is 0.0528. The van der Waals surface area contributed by atoms with E-state index in [4.69, 9.17) is 5.73 Å². The van der Waals surface area contributed by atoms with Crippen molar-refractivity contribution in [3.63, 3.8) is 0 Å². The Morgan fingerprint density at radius 2 is 1.88 bits per heavy atom. The van der Waals surface area contributed by atoms with Crippen molar-refractivity contribution in [2.75, 3.05) is 13.7 Å². The molecule has 4 rings (SSSR count). The molecule has 0 saturated carbocycles. The number of carbonyl (C=O) groups excluding carboxylic acids is 2. The number of alkyl halides is 3. The molecule has 0 aliphatic carbocycles. The summed E-state index contributed by atoms with van der Waals surface area (Å²) in [6.45, 7) is -0.0528. The first-order chi connectivity index (χ1) is 15.4. The second-order valence-electron chi connectivity index (χ2n) is 8.01. The summed E-state index contributed by atoms with van der Waals surface area (Å²) in [5.41, 5.74) is 5.14. The van der Waals surface area contributed by atoms with Crippen LogP contribution in [-0.4, -0.2) is 46.0 Å². The number of nitrogens with two attached hydrogens (primary N) is 1. The van der Waals surface area contributed by atoms with Crippen molar-refractivity contribution < 1.29 is 40.7 Å². The van der Waals surface area contributed by atoms with Gasteiger partial charge in [0.25, 0.3) is 0 Å². The third-order valence-electron chi connectivity index (χ3n) is 5.87. The first kappa shape index (κ1) is 23.1. The van der Waals surface area contributed by atoms with Gasteiger partial charge in [0, 0.05) is 25.1 Å². The highest BCUT2D eigenvalue weighted by Crippen LogP contribution is 2.50. The van der Waals surface area contributed by atoms with Gasteiger partial charge in [0.15, 0.2) is 17.3 Å². The minimum atomic E-state index is -4.81. The highest BCUT2D eigenvalue weighted by atomic mass is 19.4. The van der Waals surface area contributed by atoms with E-state index in [1.807, 2.05) is 0 Å². The molecule has 1 amide bonds. The van der Waals surface area contributed by atoms with E-state index >= 15 is 0 Å². The van der Waals surface area contributed by atoms with Crippen LogP contribution in [0.15, 0.2) is 12.1 Å². The lowest BCUT2D eigenvalue weighted by Crippen LogP contribution is -2.40. The van der Waals surface area contributed by atoms with Gasteiger partial charge in [0.2, 0.25) is 11.7 Å². The molecule has 0 unspecified atom stereocenters. The van der Waals surface area contributed by atoms with Crippen molar-refractivity contribution in [2.24, 2.45) is 5.73 Å². The fourth-order valence-corrected chi connectivity index (χ4v) is 4.53. The molecule has 1 saturated heterocycles. The Labute approximate surface area is 183 Å². The molecule has 3 heterocycles. The lowest BCUT2D eigenvalue weighted by molar-refractivity contribution is -0.148. The maximum absolute atomic E-state index is 13.9. The van der Waals surface area contributed by atoms with Crippen molar-refractivity contribution in [2.45, 2.75) is 43.6 Å². The molecule has 178 valence electrons. The van der Waals surface area contributed by atoms with Crippen LogP contribution in [0.2, 0.25) is 0 Å². The first-order valence-corrected chi connectivity index (χ1v) is 9.88. The Kier molecular flexibility index (Phi) is 5.63. The third kappa shape index (κ3) is 3.94. The van der Waals surface area contributed by atoms with E-state index in [9.17, 15) is 35.9 Å². The van der Waals surface area contributed by atoms with E-state index in [-0.39, 0.29) is 37.1 Å². The summed E-state index contributed by atoms with van der Waals surface area (Å²) < 4.78 is 86.2. The van der Waals surface area contributed by atoms with E-state index in [0.29, 0.717) is 12.1 Å². The average molecular weight is 476 g/mol. The Bertz CT molecular complexity index is 1130. The molecule has 1 fully saturated rings. The van der Waals surface area contributed by atoms with Crippen LogP contribution >= 0.6 is 0 Å². The van der Waals surface area contributed by atoms with Gasteiger partial charge in [-0.15, -0.1) is 0 Å². The van der Waals surface area contributed by atoms with Gasteiger partial charge in [-0.1, -0.05) is 0 Å². The predicted octanol–water partition coefficient (Wildman–Crippen LogP) is 2.89. The number of aromatic nitrogens is 2. The molecule has 2 aromatic rings. The molecule has 7 nitrogen and oxygen atoms in total. The van der Waals surface area contributed by atoms with Gasteiger partial charge in [-0.2, -0.15) is 13.2 Å². The average Bonchev–Trinajstić information content (AvgIpc) is 3.41. The minimum Gasteiger partial charge on any atom is -0.464 e. The summed E-state index contributed by atoms with van der Waals surface area (Å²) in [4.78, 5) is 29.6. The number of carbonyl (C=O) groups is 2. The largest absolute Gasteiger partial charge is 0.464 e. The normalized spacial score (nSPS) is 20.2. The van der Waals surface area contributed by atoms with Gasteiger partial charge in [0.1, 0.15) is 5.82 Å². The monoisotopic (exact) mass is 476 g/mol. The van der Waals surface area contributed by atoms with Crippen LogP contribution in [-0.2, 0) is 22.1 Å². The zero-order valence-corrected chi connectivity index (χ0v) is 17.1. The second-order valence-corrected chi connectivity index (χ2v) is 8.01. The molecule has 33 heavy (non-hydrogen) atoms. The number of imidazole rings is 1. The molecular formula is C20H18F6N4O3. The molecule has 0 spiro atoms. The van der Waals surface area contributed by atoms with E-state index in [0.717, 1.165) is 11.7 Å². The number of ether oxygens (including phenoxy) is 1. The van der Waals surface area contributed by atoms with Gasteiger partial charge >= 0.3 is 12.1 Å². The van der Waals surface area contributed by atoms with Gasteiger partial charge in [-0.3, -0.25) is 4.79 Å². The number of likely N-dealkylation sites (tertiary alicyclic amines) is 1. The van der Waals surface area contributed by atoms with Crippen LogP contribution in [0, 0.1) is 17.5 Å². The van der Waals surface area contributed by atoms with E-state index < -0.39 is 65.1 Å². The third-order valence-corrected chi connectivity index (χ3v) is 5.87. The number of rotatable bonds is 5. The zero-order valence-electron chi connectivity index (χ0n) is 17.1. The Balaban J connectivity index is 1.54. The summed E-state index contributed by atoms with van der Waals surface area (Å²) in [5, 5.41) is 0. The predicted molar refractivity (Wildman–Crippen MR) is 99.3 cm³/mol. The lowest BCUT2D eigenvalue weighted by atomic mass is 10.0. The van der Waals surface area contributed by atoms with Crippen molar-refractivity contribution in [3.8, 4) is 0 Å². The first-order valence-electron chi connectivity index (χ1n) is 9.88. The second kappa shape index (κ2) is 8.04. The molecule has 2 N–H and O–H groups in total. The zero-order chi connectivity index (χ0) is 24.2. The molecule has 1 aromatic heterocycles. The van der Waals surface area contributed by atoms with Crippen LogP contribution in [0.5, 0.6) is 0 Å². The number of amides is 1. The molecule has 13 heteroatoms. The highest BCUT2D eigenvalue weighted by Gasteiger charge is 2.53. The molecule has 0 radical (unpaired) electrons. The van der Waals surface area contributed by atoms with Crippen LogP contribution in [0.3, 0.4) is 0 Å². The molecule has 2 bridgehead atoms. The van der Waals surface area contributed by atoms with Crippen molar-refractivity contribution >= 4 is 11.9 Å². The highest BCUT2D eigenvalue weighted by molar-refractivity contribution is 5.89. The SMILES string of the molecule is COC(=O)c1nc(C(F)(F)F)n2c1[C@@H]1C[C@H]2CN1C(=O)C[C@H](N)Cc1cc(F)c(F)cc1F. The fourth-order valence-electron chi connectivity index (χ4n) is 4.53. The molecule has 2 aliphatic heterocycles. The number of benzene rings is 1. The van der Waals surface area contributed by atoms with Gasteiger partial charge in [0.05, 0.1) is 24.9 Å². The van der Waals surface area contributed by atoms with Crippen molar-refractivity contribution in [3.05, 3.63) is 52.4 Å². The van der Waals surface area contributed by atoms with E-state index in [2.05, 4.69) is 9.72 Å². The summed E-state index contributed by atoms with van der Waals surface area (Å²) in [7, 11) is 1.01. The maximum Gasteiger partial charge on any atom is 0.449 e. The molecule has 2 aliphatic rings. The molecular weight excluding hydrogens is 458 g/mol. The summed E-state index contributed by atoms with van der Waals surface area (Å²) >= 11 is 0. The van der Waals surface area contributed by atoms with Gasteiger partial charge in [-0.25, -0.2) is 22.9 Å². The quantitative estimate of drug-likeness (QED) is 0.407. The Morgan fingerprint density at radius 3 is 2.52 bits per heavy atom. The van der Waals surface area contributed by atoms with Gasteiger partial charge < -0.3 is 19.9 Å². The van der Waals surface area contributed by atoms with E-state index in [1.54, 1.807) is 0 Å². The smallest absolute Gasteiger partial charge is 0.449 e. The number of methoxy groups -OCH3 is 1. The van der Waals surface area contributed by atoms with Crippen LogP contribution in [0.25, 0.3) is 0 Å². The van der Waals surface area contributed by atoms with Crippen LogP contribution < -0.4 is 5.73 Å². The molecule has 1 aromatic carbocycles. The fraction of sp³-hybridized carbons (Fsp3) is 0.450. The molecule has 3 atom stereocenters. The summed E-state index contributed by atoms with van der Waals surface area (Å²) in [5.74, 6) is -6.45. The standard InChI is InChI=1S/C20H18F6N4O3/c1-33-18(32)16-17-14-5-10(30(17)19(28-16)20(24,25)26)7-29(14)15(31)4-9(27)2-8-3-12(22)13(23)6-11(8)21/h3,6,9-10,14H,2,4-5,7,27H2,1H3/t9-,10+,14+/m1/s1. The number of esters is 1. The lowest BCUT2D eigenvalue weighted by Gasteiger charge is -2.30. The van der Waals surface area contributed by atoms with Gasteiger partial charge in [-0.05, 0) is 24.5 Å². The van der Waals surface area contributed by atoms with Crippen molar-refractivity contribution in [1.82, 2.24) is 14.5 Å². The number of halogens is 6. The van der Waals surface area contributed by atoms with Crippen LogP contribution in [0.4, 0.5) is 26.3 Å². The Morgan fingerprint density at radius 1 is 1.21 bits per heavy atom. The number of hydrogen-bond donors (Lipinski definition) is 1. The number of fused-ring (bicyclic) bond motifs is 5. The van der Waals surface area contributed by atoms with E-state index in [1.165, 1.54) is 4.90 Å². The van der Waals surface area contributed by atoms with Crippen molar-refractivity contribution in [1.29, 1.82) is 0 Å². The number of hydrogen-bond acceptors (Lipinski definition) is 5. The van der Waals surface area contributed by atoms with Crippen LogP contribution in [0.1, 0.15) is 52.5 Å². The topological polar surface area (TPSA) is 90.5 Å².